The first-order chi connectivity index (χ1) is 9.68. The molecule has 0 atom stereocenters. The molecule has 6 heteroatoms. The molecule has 0 heterocycles. The average Bonchev–Trinajstić information content (AvgIpc) is 2.93. The summed E-state index contributed by atoms with van der Waals surface area (Å²) in [6, 6.07) is 4.21. The minimum absolute atomic E-state index is 0.265. The highest BCUT2D eigenvalue weighted by Crippen LogP contribution is 2.21. The fraction of sp³-hybridized carbons (Fsp3) is 0.571. The average molecular weight is 282 g/mol. The van der Waals surface area contributed by atoms with Crippen molar-refractivity contribution in [3.63, 3.8) is 0 Å². The van der Waals surface area contributed by atoms with Crippen LogP contribution in [0.25, 0.3) is 0 Å². The molecule has 2 rings (SSSR count). The predicted octanol–water partition coefficient (Wildman–Crippen LogP) is 2.78. The van der Waals surface area contributed by atoms with E-state index in [2.05, 4.69) is 5.32 Å². The van der Waals surface area contributed by atoms with Gasteiger partial charge in [-0.05, 0) is 12.8 Å². The molecule has 0 radical (unpaired) electrons. The maximum atomic E-state index is 13.8. The summed E-state index contributed by atoms with van der Waals surface area (Å²) in [5.74, 6) is -0.762. The van der Waals surface area contributed by atoms with Gasteiger partial charge in [-0.2, -0.15) is 4.39 Å². The second-order valence-corrected chi connectivity index (χ2v) is 4.96. The van der Waals surface area contributed by atoms with Gasteiger partial charge in [-0.15, -0.1) is 0 Å². The molecule has 0 unspecified atom stereocenters. The Labute approximate surface area is 117 Å². The number of hydrogen-bond donors (Lipinski definition) is 1. The van der Waals surface area contributed by atoms with Gasteiger partial charge in [0.1, 0.15) is 0 Å². The van der Waals surface area contributed by atoms with Crippen LogP contribution in [0.4, 0.5) is 10.1 Å². The zero-order valence-corrected chi connectivity index (χ0v) is 11.3. The summed E-state index contributed by atoms with van der Waals surface area (Å²) in [5, 5.41) is 13.7. The maximum Gasteiger partial charge on any atom is 0.305 e. The van der Waals surface area contributed by atoms with Crippen molar-refractivity contribution in [2.24, 2.45) is 0 Å². The Morgan fingerprint density at radius 2 is 2.15 bits per heavy atom. The van der Waals surface area contributed by atoms with Gasteiger partial charge in [-0.3, -0.25) is 10.1 Å². The molecule has 1 aliphatic carbocycles. The second kappa shape index (κ2) is 7.31. The maximum absolute atomic E-state index is 13.8. The first-order valence-electron chi connectivity index (χ1n) is 6.92. The molecule has 0 aromatic heterocycles. The molecule has 20 heavy (non-hydrogen) atoms. The van der Waals surface area contributed by atoms with Crippen molar-refractivity contribution in [2.75, 3.05) is 13.2 Å². The van der Waals surface area contributed by atoms with Crippen molar-refractivity contribution < 1.29 is 14.1 Å². The molecule has 110 valence electrons. The Balaban J connectivity index is 1.73. The fourth-order valence-corrected chi connectivity index (χ4v) is 2.42. The van der Waals surface area contributed by atoms with Crippen LogP contribution in [0.2, 0.25) is 0 Å². The monoisotopic (exact) mass is 282 g/mol. The largest absolute Gasteiger partial charge is 0.377 e. The Morgan fingerprint density at radius 1 is 1.40 bits per heavy atom. The Morgan fingerprint density at radius 3 is 2.85 bits per heavy atom. The van der Waals surface area contributed by atoms with Crippen molar-refractivity contribution in [1.29, 1.82) is 0 Å². The quantitative estimate of drug-likeness (QED) is 0.474. The fourth-order valence-electron chi connectivity index (χ4n) is 2.42. The molecule has 1 aromatic carbocycles. The summed E-state index contributed by atoms with van der Waals surface area (Å²) in [5.41, 5.74) is -0.174. The molecule has 1 aromatic rings. The minimum Gasteiger partial charge on any atom is -0.377 e. The van der Waals surface area contributed by atoms with Crippen LogP contribution in [-0.2, 0) is 11.3 Å². The van der Waals surface area contributed by atoms with E-state index in [9.17, 15) is 14.5 Å². The van der Waals surface area contributed by atoms with Crippen molar-refractivity contribution >= 4 is 5.69 Å². The molecule has 1 saturated carbocycles. The number of nitro groups is 1. The zero-order chi connectivity index (χ0) is 14.4. The number of nitro benzene ring substituents is 1. The van der Waals surface area contributed by atoms with Crippen LogP contribution in [0.15, 0.2) is 18.2 Å². The third-order valence-electron chi connectivity index (χ3n) is 3.51. The van der Waals surface area contributed by atoms with Crippen LogP contribution in [0.3, 0.4) is 0 Å². The van der Waals surface area contributed by atoms with Crippen molar-refractivity contribution in [3.05, 3.63) is 39.7 Å². The summed E-state index contributed by atoms with van der Waals surface area (Å²) >= 11 is 0. The molecule has 1 N–H and O–H groups in total. The summed E-state index contributed by atoms with van der Waals surface area (Å²) in [6.07, 6.45) is 5.08. The van der Waals surface area contributed by atoms with E-state index in [1.165, 1.54) is 25.0 Å². The molecule has 0 spiro atoms. The van der Waals surface area contributed by atoms with Gasteiger partial charge in [-0.25, -0.2) is 0 Å². The zero-order valence-electron chi connectivity index (χ0n) is 11.3. The number of halogens is 1. The lowest BCUT2D eigenvalue weighted by atomic mass is 10.2. The van der Waals surface area contributed by atoms with Gasteiger partial charge in [0.25, 0.3) is 0 Å². The van der Waals surface area contributed by atoms with Crippen LogP contribution in [0.5, 0.6) is 0 Å². The van der Waals surface area contributed by atoms with E-state index in [-0.39, 0.29) is 6.54 Å². The van der Waals surface area contributed by atoms with E-state index >= 15 is 0 Å². The molecular weight excluding hydrogens is 263 g/mol. The van der Waals surface area contributed by atoms with Crippen LogP contribution < -0.4 is 5.32 Å². The molecule has 0 amide bonds. The van der Waals surface area contributed by atoms with Gasteiger partial charge in [0, 0.05) is 24.7 Å². The second-order valence-electron chi connectivity index (χ2n) is 4.96. The van der Waals surface area contributed by atoms with E-state index in [0.29, 0.717) is 24.8 Å². The van der Waals surface area contributed by atoms with Gasteiger partial charge >= 0.3 is 5.69 Å². The Bertz CT molecular complexity index is 462. The van der Waals surface area contributed by atoms with Gasteiger partial charge in [0.15, 0.2) is 0 Å². The predicted molar refractivity (Wildman–Crippen MR) is 73.0 cm³/mol. The lowest BCUT2D eigenvalue weighted by Crippen LogP contribution is -2.22. The molecule has 0 saturated heterocycles. The van der Waals surface area contributed by atoms with Crippen molar-refractivity contribution in [1.82, 2.24) is 5.32 Å². The van der Waals surface area contributed by atoms with Gasteiger partial charge < -0.3 is 10.1 Å². The van der Waals surface area contributed by atoms with Gasteiger partial charge in [0.05, 0.1) is 17.6 Å². The number of rotatable bonds is 7. The molecule has 0 bridgehead atoms. The lowest BCUT2D eigenvalue weighted by molar-refractivity contribution is -0.387. The topological polar surface area (TPSA) is 64.4 Å². The standard InChI is InChI=1S/C14H19FN2O3/c15-14-11(4-3-7-13(14)17(18)19)10-16-8-9-20-12-5-1-2-6-12/h3-4,7,12,16H,1-2,5-6,8-10H2. The van der Waals surface area contributed by atoms with Crippen LogP contribution in [0.1, 0.15) is 31.2 Å². The molecule has 1 fully saturated rings. The third kappa shape index (κ3) is 3.98. The highest BCUT2D eigenvalue weighted by molar-refractivity contribution is 5.36. The van der Waals surface area contributed by atoms with Crippen LogP contribution in [-0.4, -0.2) is 24.2 Å². The Hall–Kier alpha value is -1.53. The molecule has 0 aliphatic heterocycles. The van der Waals surface area contributed by atoms with Gasteiger partial charge in [0.2, 0.25) is 5.82 Å². The summed E-state index contributed by atoms with van der Waals surface area (Å²) in [7, 11) is 0. The third-order valence-corrected chi connectivity index (χ3v) is 3.51. The lowest BCUT2D eigenvalue weighted by Gasteiger charge is -2.11. The van der Waals surface area contributed by atoms with Crippen molar-refractivity contribution in [2.45, 2.75) is 38.3 Å². The van der Waals surface area contributed by atoms with E-state index in [4.69, 9.17) is 4.74 Å². The minimum atomic E-state index is -0.762. The number of ether oxygens (including phenoxy) is 1. The first-order valence-corrected chi connectivity index (χ1v) is 6.92. The highest BCUT2D eigenvalue weighted by atomic mass is 19.1. The van der Waals surface area contributed by atoms with E-state index < -0.39 is 16.4 Å². The SMILES string of the molecule is O=[N+]([O-])c1cccc(CNCCOC2CCCC2)c1F. The van der Waals surface area contributed by atoms with Crippen LogP contribution in [0, 0.1) is 15.9 Å². The smallest absolute Gasteiger partial charge is 0.305 e. The molecule has 1 aliphatic rings. The normalized spacial score (nSPS) is 15.7. The van der Waals surface area contributed by atoms with Crippen LogP contribution >= 0.6 is 0 Å². The van der Waals surface area contributed by atoms with E-state index in [1.807, 2.05) is 0 Å². The van der Waals surface area contributed by atoms with E-state index in [1.54, 1.807) is 6.07 Å². The molecule has 5 nitrogen and oxygen atoms in total. The molecular formula is C14H19FN2O3. The summed E-state index contributed by atoms with van der Waals surface area (Å²) in [4.78, 5) is 9.92. The summed E-state index contributed by atoms with van der Waals surface area (Å²) < 4.78 is 19.4. The number of hydrogen-bond acceptors (Lipinski definition) is 4. The summed E-state index contributed by atoms with van der Waals surface area (Å²) in [6.45, 7) is 1.46. The first kappa shape index (κ1) is 14.9. The van der Waals surface area contributed by atoms with Crippen molar-refractivity contribution in [3.8, 4) is 0 Å². The number of benzene rings is 1. The Kier molecular flexibility index (Phi) is 5.43. The van der Waals surface area contributed by atoms with Gasteiger partial charge in [-0.1, -0.05) is 25.0 Å². The highest BCUT2D eigenvalue weighted by Gasteiger charge is 2.17. The number of nitrogens with one attached hydrogen (secondary N) is 1. The van der Waals surface area contributed by atoms with E-state index in [0.717, 1.165) is 12.8 Å². The number of nitrogens with zero attached hydrogens (tertiary/aromatic N) is 1.